The van der Waals surface area contributed by atoms with Gasteiger partial charge in [-0.1, -0.05) is 19.9 Å². The highest BCUT2D eigenvalue weighted by Gasteiger charge is 2.43. The third kappa shape index (κ3) is 3.47. The van der Waals surface area contributed by atoms with Crippen molar-refractivity contribution in [1.82, 2.24) is 4.90 Å². The van der Waals surface area contributed by atoms with Crippen LogP contribution in [0.15, 0.2) is 11.6 Å². The Bertz CT molecular complexity index is 459. The maximum absolute atomic E-state index is 12.5. The Morgan fingerprint density at radius 2 is 1.90 bits per heavy atom. The lowest BCUT2D eigenvalue weighted by atomic mass is 9.92. The zero-order valence-electron chi connectivity index (χ0n) is 13.8. The summed E-state index contributed by atoms with van der Waals surface area (Å²) in [4.78, 5) is 26.8. The van der Waals surface area contributed by atoms with E-state index in [9.17, 15) is 9.59 Å². The number of nitrogens with zero attached hydrogens (tertiary/aromatic N) is 1. The van der Waals surface area contributed by atoms with Crippen molar-refractivity contribution < 1.29 is 14.3 Å². The van der Waals surface area contributed by atoms with E-state index in [1.807, 2.05) is 45.6 Å². The van der Waals surface area contributed by atoms with E-state index in [0.717, 1.165) is 31.3 Å². The molecule has 0 aromatic carbocycles. The van der Waals surface area contributed by atoms with Gasteiger partial charge in [-0.15, -0.1) is 0 Å². The monoisotopic (exact) mass is 293 g/mol. The lowest BCUT2D eigenvalue weighted by Crippen LogP contribution is -2.45. The minimum Gasteiger partial charge on any atom is -0.444 e. The normalized spacial score (nSPS) is 25.6. The van der Waals surface area contributed by atoms with Gasteiger partial charge >= 0.3 is 6.09 Å². The predicted molar refractivity (Wildman–Crippen MR) is 82.0 cm³/mol. The molecule has 0 aromatic rings. The lowest BCUT2D eigenvalue weighted by Gasteiger charge is -2.32. The molecule has 2 atom stereocenters. The highest BCUT2D eigenvalue weighted by molar-refractivity contribution is 5.98. The topological polar surface area (TPSA) is 46.6 Å². The van der Waals surface area contributed by atoms with E-state index in [2.05, 4.69) is 0 Å². The van der Waals surface area contributed by atoms with Gasteiger partial charge < -0.3 is 4.74 Å². The van der Waals surface area contributed by atoms with Crippen LogP contribution in [0.25, 0.3) is 0 Å². The molecule has 2 rings (SSSR count). The molecule has 1 amide bonds. The van der Waals surface area contributed by atoms with E-state index in [1.54, 1.807) is 0 Å². The summed E-state index contributed by atoms with van der Waals surface area (Å²) in [5.74, 6) is 0.130. The highest BCUT2D eigenvalue weighted by atomic mass is 16.6. The summed E-state index contributed by atoms with van der Waals surface area (Å²) in [6, 6.07) is 0.112. The first-order valence-corrected chi connectivity index (χ1v) is 7.96. The van der Waals surface area contributed by atoms with Crippen LogP contribution < -0.4 is 0 Å². The molecule has 2 aliphatic rings. The van der Waals surface area contributed by atoms with Gasteiger partial charge in [-0.05, 0) is 46.5 Å². The number of hydrogen-bond donors (Lipinski definition) is 0. The fourth-order valence-electron chi connectivity index (χ4n) is 3.23. The number of Topliss-reactive ketones (excluding diaryl/α,β-unsaturated/α-hetero) is 1. The van der Waals surface area contributed by atoms with E-state index in [1.165, 1.54) is 0 Å². The van der Waals surface area contributed by atoms with Gasteiger partial charge in [-0.3, -0.25) is 9.69 Å². The Morgan fingerprint density at radius 1 is 1.24 bits per heavy atom. The van der Waals surface area contributed by atoms with Crippen molar-refractivity contribution in [2.45, 2.75) is 78.0 Å². The molecule has 2 heterocycles. The van der Waals surface area contributed by atoms with Crippen molar-refractivity contribution >= 4 is 11.9 Å². The molecular weight excluding hydrogens is 266 g/mol. The number of rotatable bonds is 2. The Labute approximate surface area is 127 Å². The fourth-order valence-corrected chi connectivity index (χ4v) is 3.23. The summed E-state index contributed by atoms with van der Waals surface area (Å²) in [5.41, 5.74) is 0.310. The first-order valence-electron chi connectivity index (χ1n) is 7.96. The van der Waals surface area contributed by atoms with Gasteiger partial charge in [0.25, 0.3) is 0 Å². The molecule has 0 N–H and O–H groups in total. The molecule has 1 fully saturated rings. The van der Waals surface area contributed by atoms with Crippen LogP contribution >= 0.6 is 0 Å². The SMILES string of the molecule is CC(C)C(=O)C1=CCC[C@@H]2CC[C@H]1N2C(=O)OC(C)(C)C. The second kappa shape index (κ2) is 5.82. The van der Waals surface area contributed by atoms with Crippen LogP contribution in [0.1, 0.15) is 60.3 Å². The second-order valence-electron chi connectivity index (χ2n) is 7.39. The number of hydrogen-bond acceptors (Lipinski definition) is 3. The molecular formula is C17H27NO3. The number of carbonyl (C=O) groups is 2. The fraction of sp³-hybridized carbons (Fsp3) is 0.765. The minimum absolute atomic E-state index is 0.0334. The maximum Gasteiger partial charge on any atom is 0.411 e. The summed E-state index contributed by atoms with van der Waals surface area (Å²) in [6.07, 6.45) is 5.39. The van der Waals surface area contributed by atoms with Gasteiger partial charge in [0.2, 0.25) is 0 Å². The van der Waals surface area contributed by atoms with Crippen molar-refractivity contribution in [2.75, 3.05) is 0 Å². The van der Waals surface area contributed by atoms with Gasteiger partial charge in [0.15, 0.2) is 5.78 Å². The third-order valence-corrected chi connectivity index (χ3v) is 4.14. The Hall–Kier alpha value is -1.32. The first-order chi connectivity index (χ1) is 9.70. The van der Waals surface area contributed by atoms with E-state index < -0.39 is 5.60 Å². The van der Waals surface area contributed by atoms with Gasteiger partial charge in [-0.2, -0.15) is 0 Å². The van der Waals surface area contributed by atoms with Crippen molar-refractivity contribution in [3.05, 3.63) is 11.6 Å². The van der Waals surface area contributed by atoms with Gasteiger partial charge in [-0.25, -0.2) is 4.79 Å². The zero-order valence-corrected chi connectivity index (χ0v) is 13.8. The van der Waals surface area contributed by atoms with E-state index in [-0.39, 0.29) is 29.9 Å². The summed E-state index contributed by atoms with van der Waals surface area (Å²) in [6.45, 7) is 9.46. The molecule has 2 bridgehead atoms. The van der Waals surface area contributed by atoms with Crippen LogP contribution in [0.3, 0.4) is 0 Å². The Morgan fingerprint density at radius 3 is 2.48 bits per heavy atom. The van der Waals surface area contributed by atoms with Crippen molar-refractivity contribution in [3.8, 4) is 0 Å². The molecule has 2 aliphatic heterocycles. The van der Waals surface area contributed by atoms with Crippen molar-refractivity contribution in [1.29, 1.82) is 0 Å². The van der Waals surface area contributed by atoms with Crippen molar-refractivity contribution in [3.63, 3.8) is 0 Å². The van der Waals surface area contributed by atoms with Gasteiger partial charge in [0, 0.05) is 17.5 Å². The highest BCUT2D eigenvalue weighted by Crippen LogP contribution is 2.37. The van der Waals surface area contributed by atoms with Crippen molar-refractivity contribution in [2.24, 2.45) is 5.92 Å². The van der Waals surface area contributed by atoms with Crippen LogP contribution in [0, 0.1) is 5.92 Å². The molecule has 21 heavy (non-hydrogen) atoms. The second-order valence-corrected chi connectivity index (χ2v) is 7.39. The number of ketones is 1. The molecule has 4 heteroatoms. The Balaban J connectivity index is 2.24. The molecule has 0 aliphatic carbocycles. The molecule has 0 spiro atoms. The average molecular weight is 293 g/mol. The van der Waals surface area contributed by atoms with E-state index in [0.29, 0.717) is 0 Å². The number of allylic oxidation sites excluding steroid dienone is 1. The summed E-state index contributed by atoms with van der Waals surface area (Å²) in [7, 11) is 0. The molecule has 118 valence electrons. The van der Waals surface area contributed by atoms with Crippen LogP contribution in [0.5, 0.6) is 0 Å². The first kappa shape index (κ1) is 16.1. The van der Waals surface area contributed by atoms with Crippen LogP contribution in [0.2, 0.25) is 0 Å². The molecule has 4 nitrogen and oxygen atoms in total. The summed E-state index contributed by atoms with van der Waals surface area (Å²) < 4.78 is 5.55. The molecule has 0 saturated carbocycles. The lowest BCUT2D eigenvalue weighted by molar-refractivity contribution is -0.118. The van der Waals surface area contributed by atoms with Crippen LogP contribution in [-0.2, 0) is 9.53 Å². The number of ether oxygens (including phenoxy) is 1. The van der Waals surface area contributed by atoms with Crippen LogP contribution in [0.4, 0.5) is 4.79 Å². The molecule has 0 aromatic heterocycles. The predicted octanol–water partition coefficient (Wildman–Crippen LogP) is 3.70. The Kier molecular flexibility index (Phi) is 4.45. The number of amides is 1. The van der Waals surface area contributed by atoms with E-state index >= 15 is 0 Å². The van der Waals surface area contributed by atoms with E-state index in [4.69, 9.17) is 4.74 Å². The quantitative estimate of drug-likeness (QED) is 0.780. The molecule has 0 radical (unpaired) electrons. The van der Waals surface area contributed by atoms with Gasteiger partial charge in [0.05, 0.1) is 6.04 Å². The van der Waals surface area contributed by atoms with Gasteiger partial charge in [0.1, 0.15) is 5.60 Å². The average Bonchev–Trinajstić information content (AvgIpc) is 2.63. The number of fused-ring (bicyclic) bond motifs is 2. The smallest absolute Gasteiger partial charge is 0.411 e. The maximum atomic E-state index is 12.5. The molecule has 0 unspecified atom stereocenters. The molecule has 1 saturated heterocycles. The zero-order chi connectivity index (χ0) is 15.8. The standard InChI is InChI=1S/C17H27NO3/c1-11(2)15(19)13-8-6-7-12-9-10-14(13)18(12)16(20)21-17(3,4)5/h8,11-12,14H,6-7,9-10H2,1-5H3/t12-,14-/m1/s1. The number of carbonyl (C=O) groups excluding carboxylic acids is 2. The minimum atomic E-state index is -0.505. The largest absolute Gasteiger partial charge is 0.444 e. The van der Waals surface area contributed by atoms with Crippen LogP contribution in [-0.4, -0.2) is 34.5 Å². The summed E-state index contributed by atoms with van der Waals surface area (Å²) >= 11 is 0. The third-order valence-electron chi connectivity index (χ3n) is 4.14. The summed E-state index contributed by atoms with van der Waals surface area (Å²) in [5, 5.41) is 0.